The van der Waals surface area contributed by atoms with Crippen LogP contribution in [0.5, 0.6) is 0 Å². The van der Waals surface area contributed by atoms with Gasteiger partial charge in [0.15, 0.2) is 0 Å². The molecule has 1 aromatic carbocycles. The highest BCUT2D eigenvalue weighted by Gasteiger charge is 2.15. The fourth-order valence-corrected chi connectivity index (χ4v) is 1.86. The number of nitrogens with two attached hydrogens (primary N) is 1. The lowest BCUT2D eigenvalue weighted by Crippen LogP contribution is -2.28. The molecule has 6 nitrogen and oxygen atoms in total. The lowest BCUT2D eigenvalue weighted by Gasteiger charge is -2.07. The van der Waals surface area contributed by atoms with Crippen molar-refractivity contribution in [3.05, 3.63) is 29.6 Å². The third-order valence-corrected chi connectivity index (χ3v) is 3.16. The molecule has 0 aliphatic heterocycles. The molecule has 1 amide bonds. The summed E-state index contributed by atoms with van der Waals surface area (Å²) < 4.78 is 40.6. The Morgan fingerprint density at radius 2 is 2.16 bits per heavy atom. The lowest BCUT2D eigenvalue weighted by atomic mass is 10.2. The molecule has 0 aliphatic rings. The Morgan fingerprint density at radius 1 is 1.47 bits per heavy atom. The maximum atomic E-state index is 13.6. The van der Waals surface area contributed by atoms with E-state index < -0.39 is 21.7 Å². The van der Waals surface area contributed by atoms with Crippen molar-refractivity contribution in [2.24, 2.45) is 5.14 Å². The molecule has 0 unspecified atom stereocenters. The molecule has 1 rings (SSSR count). The molecule has 19 heavy (non-hydrogen) atoms. The summed E-state index contributed by atoms with van der Waals surface area (Å²) in [6.45, 7) is 2.89. The quantitative estimate of drug-likeness (QED) is 0.733. The van der Waals surface area contributed by atoms with E-state index >= 15 is 0 Å². The zero-order valence-corrected chi connectivity index (χ0v) is 11.2. The minimum Gasteiger partial charge on any atom is -0.380 e. The first-order chi connectivity index (χ1) is 8.86. The normalized spacial score (nSPS) is 11.3. The number of rotatable bonds is 6. The minimum absolute atomic E-state index is 0.239. The van der Waals surface area contributed by atoms with Crippen molar-refractivity contribution in [2.45, 2.75) is 11.8 Å². The van der Waals surface area contributed by atoms with E-state index in [2.05, 4.69) is 5.32 Å². The molecule has 0 bridgehead atoms. The molecule has 0 saturated carbocycles. The second-order valence-corrected chi connectivity index (χ2v) is 5.20. The van der Waals surface area contributed by atoms with Crippen LogP contribution in [0, 0.1) is 5.82 Å². The number of carbonyl (C=O) groups excluding carboxylic acids is 1. The number of sulfonamides is 1. The highest BCUT2D eigenvalue weighted by molar-refractivity contribution is 7.89. The Labute approximate surface area is 110 Å². The first-order valence-electron chi connectivity index (χ1n) is 5.54. The Morgan fingerprint density at radius 3 is 2.68 bits per heavy atom. The third-order valence-electron chi connectivity index (χ3n) is 2.25. The molecule has 106 valence electrons. The van der Waals surface area contributed by atoms with E-state index in [-0.39, 0.29) is 17.0 Å². The van der Waals surface area contributed by atoms with Gasteiger partial charge >= 0.3 is 0 Å². The maximum Gasteiger partial charge on any atom is 0.254 e. The van der Waals surface area contributed by atoms with Gasteiger partial charge in [-0.25, -0.2) is 17.9 Å². The predicted molar refractivity (Wildman–Crippen MR) is 66.6 cm³/mol. The molecular weight excluding hydrogens is 275 g/mol. The Balaban J connectivity index is 2.77. The van der Waals surface area contributed by atoms with Gasteiger partial charge in [0, 0.05) is 13.2 Å². The van der Waals surface area contributed by atoms with Crippen LogP contribution in [0.1, 0.15) is 17.3 Å². The average Bonchev–Trinajstić information content (AvgIpc) is 2.33. The zero-order valence-electron chi connectivity index (χ0n) is 10.3. The minimum atomic E-state index is -3.98. The van der Waals surface area contributed by atoms with Crippen molar-refractivity contribution in [3.63, 3.8) is 0 Å². The summed E-state index contributed by atoms with van der Waals surface area (Å²) in [6, 6.07) is 2.87. The smallest absolute Gasteiger partial charge is 0.254 e. The van der Waals surface area contributed by atoms with Gasteiger partial charge in [0.25, 0.3) is 5.91 Å². The summed E-state index contributed by atoms with van der Waals surface area (Å²) in [6.07, 6.45) is 0. The van der Waals surface area contributed by atoms with Crippen molar-refractivity contribution < 1.29 is 22.3 Å². The van der Waals surface area contributed by atoms with Crippen molar-refractivity contribution in [2.75, 3.05) is 19.8 Å². The molecule has 0 aromatic heterocycles. The monoisotopic (exact) mass is 290 g/mol. The summed E-state index contributed by atoms with van der Waals surface area (Å²) in [5.41, 5.74) is -0.246. The summed E-state index contributed by atoms with van der Waals surface area (Å²) in [7, 11) is -3.98. The van der Waals surface area contributed by atoms with Gasteiger partial charge in [0.2, 0.25) is 10.0 Å². The largest absolute Gasteiger partial charge is 0.380 e. The van der Waals surface area contributed by atoms with E-state index in [4.69, 9.17) is 9.88 Å². The van der Waals surface area contributed by atoms with Gasteiger partial charge in [-0.15, -0.1) is 0 Å². The first-order valence-corrected chi connectivity index (χ1v) is 7.09. The fourth-order valence-electron chi connectivity index (χ4n) is 1.33. The van der Waals surface area contributed by atoms with Crippen molar-refractivity contribution in [1.29, 1.82) is 0 Å². The van der Waals surface area contributed by atoms with Crippen molar-refractivity contribution in [1.82, 2.24) is 5.32 Å². The highest BCUT2D eigenvalue weighted by Crippen LogP contribution is 2.13. The number of halogens is 1. The lowest BCUT2D eigenvalue weighted by molar-refractivity contribution is 0.0918. The second-order valence-electron chi connectivity index (χ2n) is 3.64. The van der Waals surface area contributed by atoms with Crippen LogP contribution in [-0.4, -0.2) is 34.1 Å². The van der Waals surface area contributed by atoms with Crippen LogP contribution < -0.4 is 10.5 Å². The number of primary sulfonamides is 1. The van der Waals surface area contributed by atoms with Crippen LogP contribution in [-0.2, 0) is 14.8 Å². The van der Waals surface area contributed by atoms with Gasteiger partial charge in [0.05, 0.1) is 17.1 Å². The number of hydrogen-bond donors (Lipinski definition) is 2. The van der Waals surface area contributed by atoms with Gasteiger partial charge in [-0.2, -0.15) is 0 Å². The number of carbonyl (C=O) groups is 1. The summed E-state index contributed by atoms with van der Waals surface area (Å²) in [5.74, 6) is -1.58. The van der Waals surface area contributed by atoms with Gasteiger partial charge < -0.3 is 10.1 Å². The highest BCUT2D eigenvalue weighted by atomic mass is 32.2. The van der Waals surface area contributed by atoms with E-state index in [9.17, 15) is 17.6 Å². The number of ether oxygens (including phenoxy) is 1. The molecule has 0 atom stereocenters. The van der Waals surface area contributed by atoms with Crippen molar-refractivity contribution >= 4 is 15.9 Å². The molecule has 8 heteroatoms. The predicted octanol–water partition coefficient (Wildman–Crippen LogP) is 0.239. The molecule has 0 spiro atoms. The maximum absolute atomic E-state index is 13.6. The van der Waals surface area contributed by atoms with Crippen LogP contribution in [0.3, 0.4) is 0 Å². The second kappa shape index (κ2) is 6.60. The van der Waals surface area contributed by atoms with Crippen LogP contribution in [0.4, 0.5) is 4.39 Å². The summed E-state index contributed by atoms with van der Waals surface area (Å²) in [4.78, 5) is 11.2. The van der Waals surface area contributed by atoms with E-state index in [0.717, 1.165) is 12.1 Å². The average molecular weight is 290 g/mol. The molecule has 1 aromatic rings. The van der Waals surface area contributed by atoms with Gasteiger partial charge in [-0.05, 0) is 25.1 Å². The zero-order chi connectivity index (χ0) is 14.5. The van der Waals surface area contributed by atoms with E-state index in [1.165, 1.54) is 0 Å². The van der Waals surface area contributed by atoms with Gasteiger partial charge in [-0.1, -0.05) is 0 Å². The van der Waals surface area contributed by atoms with E-state index in [1.807, 2.05) is 6.92 Å². The molecule has 0 saturated heterocycles. The van der Waals surface area contributed by atoms with Crippen molar-refractivity contribution in [3.8, 4) is 0 Å². The Kier molecular flexibility index (Phi) is 5.40. The SMILES string of the molecule is CCOCCNC(=O)c1ccc(S(N)(=O)=O)cc1F. The number of hydrogen-bond acceptors (Lipinski definition) is 4. The molecule has 0 aliphatic carbocycles. The van der Waals surface area contributed by atoms with Crippen LogP contribution in [0.2, 0.25) is 0 Å². The molecule has 0 fully saturated rings. The van der Waals surface area contributed by atoms with Crippen LogP contribution in [0.25, 0.3) is 0 Å². The summed E-state index contributed by atoms with van der Waals surface area (Å²) in [5, 5.41) is 7.30. The topological polar surface area (TPSA) is 98.5 Å². The molecule has 0 heterocycles. The first kappa shape index (κ1) is 15.5. The number of nitrogens with one attached hydrogen (secondary N) is 1. The molecule has 3 N–H and O–H groups in total. The number of benzene rings is 1. The van der Waals surface area contributed by atoms with Gasteiger partial charge in [0.1, 0.15) is 5.82 Å². The van der Waals surface area contributed by atoms with Crippen LogP contribution >= 0.6 is 0 Å². The standard InChI is InChI=1S/C11H15FN2O4S/c1-2-18-6-5-14-11(15)9-4-3-8(7-10(9)12)19(13,16)17/h3-4,7H,2,5-6H2,1H3,(H,14,15)(H2,13,16,17). The van der Waals surface area contributed by atoms with E-state index in [0.29, 0.717) is 19.3 Å². The third kappa shape index (κ3) is 4.58. The Hall–Kier alpha value is -1.51. The van der Waals surface area contributed by atoms with E-state index in [1.54, 1.807) is 0 Å². The molecule has 0 radical (unpaired) electrons. The fraction of sp³-hybridized carbons (Fsp3) is 0.364. The molecular formula is C11H15FN2O4S. The van der Waals surface area contributed by atoms with Crippen LogP contribution in [0.15, 0.2) is 23.1 Å². The Bertz CT molecular complexity index is 560. The summed E-state index contributed by atoms with van der Waals surface area (Å²) >= 11 is 0. The van der Waals surface area contributed by atoms with Gasteiger partial charge in [-0.3, -0.25) is 4.79 Å². The number of amides is 1.